The Labute approximate surface area is 125 Å². The molecule has 0 aliphatic rings. The smallest absolute Gasteiger partial charge is 0.239 e. The molecule has 1 unspecified atom stereocenters. The van der Waals surface area contributed by atoms with E-state index in [2.05, 4.69) is 0 Å². The molecule has 1 amide bonds. The Morgan fingerprint density at radius 3 is 2.75 bits per heavy atom. The summed E-state index contributed by atoms with van der Waals surface area (Å²) in [5.41, 5.74) is 6.88. The number of likely N-dealkylation sites (N-methyl/N-ethyl adjacent to an activating group) is 1. The highest BCUT2D eigenvalue weighted by molar-refractivity contribution is 6.31. The number of benzene rings is 1. The molecule has 1 rings (SSSR count). The second-order valence-corrected chi connectivity index (χ2v) is 5.09. The van der Waals surface area contributed by atoms with Crippen LogP contribution >= 0.6 is 11.6 Å². The van der Waals surface area contributed by atoms with Crippen LogP contribution in [0.2, 0.25) is 5.02 Å². The van der Waals surface area contributed by atoms with E-state index >= 15 is 0 Å². The van der Waals surface area contributed by atoms with Gasteiger partial charge in [-0.2, -0.15) is 0 Å². The molecular weight excluding hydrogens is 276 g/mol. The number of hydrogen-bond acceptors (Lipinski definition) is 3. The molecule has 0 radical (unpaired) electrons. The van der Waals surface area contributed by atoms with E-state index in [4.69, 9.17) is 22.1 Å². The van der Waals surface area contributed by atoms with Crippen molar-refractivity contribution < 1.29 is 9.53 Å². The summed E-state index contributed by atoms with van der Waals surface area (Å²) in [6.07, 6.45) is 1.42. The quantitative estimate of drug-likeness (QED) is 0.750. The van der Waals surface area contributed by atoms with Crippen LogP contribution in [0.3, 0.4) is 0 Å². The lowest BCUT2D eigenvalue weighted by Gasteiger charge is -2.25. The fourth-order valence-electron chi connectivity index (χ4n) is 1.98. The molecule has 0 saturated heterocycles. The van der Waals surface area contributed by atoms with Gasteiger partial charge < -0.3 is 15.4 Å². The zero-order valence-corrected chi connectivity index (χ0v) is 12.9. The average Bonchev–Trinajstić information content (AvgIpc) is 2.46. The number of halogens is 1. The first kappa shape index (κ1) is 17.0. The first-order valence-electron chi connectivity index (χ1n) is 6.86. The molecule has 0 heterocycles. The number of nitrogens with zero attached hydrogens (tertiary/aromatic N) is 1. The molecule has 5 heteroatoms. The highest BCUT2D eigenvalue weighted by atomic mass is 35.5. The predicted octanol–water partition coefficient (Wildman–Crippen LogP) is 2.44. The van der Waals surface area contributed by atoms with Gasteiger partial charge in [0.1, 0.15) is 0 Å². The van der Waals surface area contributed by atoms with Crippen LogP contribution in [-0.2, 0) is 16.1 Å². The van der Waals surface area contributed by atoms with Crippen LogP contribution in [0.4, 0.5) is 0 Å². The summed E-state index contributed by atoms with van der Waals surface area (Å²) in [6, 6.07) is 7.06. The van der Waals surface area contributed by atoms with E-state index in [0.29, 0.717) is 31.1 Å². The third-order valence-corrected chi connectivity index (χ3v) is 3.56. The Bertz CT molecular complexity index is 426. The molecular formula is C15H23ClN2O2. The van der Waals surface area contributed by atoms with Crippen LogP contribution in [0.5, 0.6) is 0 Å². The average molecular weight is 299 g/mol. The maximum atomic E-state index is 12.3. The lowest BCUT2D eigenvalue weighted by atomic mass is 10.1. The molecule has 20 heavy (non-hydrogen) atoms. The van der Waals surface area contributed by atoms with Crippen molar-refractivity contribution in [2.24, 2.45) is 5.73 Å². The van der Waals surface area contributed by atoms with Crippen molar-refractivity contribution in [3.8, 4) is 0 Å². The molecule has 0 aliphatic carbocycles. The van der Waals surface area contributed by atoms with Gasteiger partial charge in [-0.05, 0) is 31.4 Å². The third-order valence-electron chi connectivity index (χ3n) is 3.19. The molecule has 1 aromatic rings. The van der Waals surface area contributed by atoms with E-state index in [9.17, 15) is 4.79 Å². The van der Waals surface area contributed by atoms with Crippen LogP contribution in [0.25, 0.3) is 0 Å². The van der Waals surface area contributed by atoms with Gasteiger partial charge in [0.25, 0.3) is 0 Å². The maximum absolute atomic E-state index is 12.3. The topological polar surface area (TPSA) is 55.6 Å². The predicted molar refractivity (Wildman–Crippen MR) is 81.6 cm³/mol. The van der Waals surface area contributed by atoms with Crippen molar-refractivity contribution in [1.29, 1.82) is 0 Å². The minimum Gasteiger partial charge on any atom is -0.385 e. The summed E-state index contributed by atoms with van der Waals surface area (Å²) < 4.78 is 4.97. The summed E-state index contributed by atoms with van der Waals surface area (Å²) in [5, 5.41) is 0.673. The Morgan fingerprint density at radius 1 is 1.45 bits per heavy atom. The van der Waals surface area contributed by atoms with Crippen LogP contribution in [0.15, 0.2) is 24.3 Å². The zero-order chi connectivity index (χ0) is 15.0. The van der Waals surface area contributed by atoms with Crippen LogP contribution in [0.1, 0.15) is 25.3 Å². The summed E-state index contributed by atoms with van der Waals surface area (Å²) in [4.78, 5) is 14.0. The van der Waals surface area contributed by atoms with E-state index in [-0.39, 0.29) is 5.91 Å². The summed E-state index contributed by atoms with van der Waals surface area (Å²) in [7, 11) is 1.64. The van der Waals surface area contributed by atoms with Gasteiger partial charge in [0.2, 0.25) is 5.91 Å². The van der Waals surface area contributed by atoms with E-state index < -0.39 is 6.04 Å². The number of hydrogen-bond donors (Lipinski definition) is 1. The molecule has 112 valence electrons. The van der Waals surface area contributed by atoms with Crippen LogP contribution in [0, 0.1) is 0 Å². The number of amides is 1. The van der Waals surface area contributed by atoms with Crippen LogP contribution < -0.4 is 5.73 Å². The largest absolute Gasteiger partial charge is 0.385 e. The highest BCUT2D eigenvalue weighted by Crippen LogP contribution is 2.17. The number of nitrogens with two attached hydrogens (primary N) is 1. The minimum atomic E-state index is -0.479. The third kappa shape index (κ3) is 5.12. The van der Waals surface area contributed by atoms with Crippen molar-refractivity contribution in [1.82, 2.24) is 4.90 Å². The Hall–Kier alpha value is -1.10. The van der Waals surface area contributed by atoms with Gasteiger partial charge in [0.05, 0.1) is 6.04 Å². The molecule has 0 bridgehead atoms. The zero-order valence-electron chi connectivity index (χ0n) is 12.1. The first-order chi connectivity index (χ1) is 9.60. The fraction of sp³-hybridized carbons (Fsp3) is 0.533. The van der Waals surface area contributed by atoms with Crippen molar-refractivity contribution in [3.63, 3.8) is 0 Å². The lowest BCUT2D eigenvalue weighted by molar-refractivity contribution is -0.133. The SMILES string of the molecule is CCN(Cc1ccccc1Cl)C(=O)C(N)CCCOC. The van der Waals surface area contributed by atoms with Gasteiger partial charge in [0, 0.05) is 31.8 Å². The number of ether oxygens (including phenoxy) is 1. The minimum absolute atomic E-state index is 0.0384. The number of carbonyl (C=O) groups excluding carboxylic acids is 1. The molecule has 1 aromatic carbocycles. The second kappa shape index (κ2) is 8.95. The summed E-state index contributed by atoms with van der Waals surface area (Å²) in [6.45, 7) is 3.67. The molecule has 2 N–H and O–H groups in total. The van der Waals surface area contributed by atoms with Crippen molar-refractivity contribution in [2.75, 3.05) is 20.3 Å². The standard InChI is InChI=1S/C15H23ClN2O2/c1-3-18(11-12-7-4-5-8-13(12)16)15(19)14(17)9-6-10-20-2/h4-5,7-8,14H,3,6,9-11,17H2,1-2H3. The van der Waals surface area contributed by atoms with Gasteiger partial charge in [-0.1, -0.05) is 29.8 Å². The molecule has 0 aromatic heterocycles. The van der Waals surface area contributed by atoms with Crippen LogP contribution in [-0.4, -0.2) is 37.1 Å². The Morgan fingerprint density at radius 2 is 2.15 bits per heavy atom. The molecule has 0 spiro atoms. The lowest BCUT2D eigenvalue weighted by Crippen LogP contribution is -2.43. The molecule has 1 atom stereocenters. The maximum Gasteiger partial charge on any atom is 0.239 e. The van der Waals surface area contributed by atoms with E-state index in [1.54, 1.807) is 12.0 Å². The van der Waals surface area contributed by atoms with E-state index in [1.165, 1.54) is 0 Å². The Balaban J connectivity index is 2.61. The molecule has 0 fully saturated rings. The van der Waals surface area contributed by atoms with Gasteiger partial charge >= 0.3 is 0 Å². The monoisotopic (exact) mass is 298 g/mol. The normalized spacial score (nSPS) is 12.2. The number of methoxy groups -OCH3 is 1. The van der Waals surface area contributed by atoms with Crippen molar-refractivity contribution in [2.45, 2.75) is 32.4 Å². The second-order valence-electron chi connectivity index (χ2n) is 4.69. The molecule has 0 saturated carbocycles. The van der Waals surface area contributed by atoms with Gasteiger partial charge in [-0.15, -0.1) is 0 Å². The first-order valence-corrected chi connectivity index (χ1v) is 7.24. The summed E-state index contributed by atoms with van der Waals surface area (Å²) >= 11 is 6.13. The molecule has 4 nitrogen and oxygen atoms in total. The van der Waals surface area contributed by atoms with E-state index in [0.717, 1.165) is 12.0 Å². The number of carbonyl (C=O) groups is 1. The fourth-order valence-corrected chi connectivity index (χ4v) is 2.18. The summed E-state index contributed by atoms with van der Waals surface area (Å²) in [5.74, 6) is -0.0384. The van der Waals surface area contributed by atoms with Gasteiger partial charge in [0.15, 0.2) is 0 Å². The molecule has 0 aliphatic heterocycles. The van der Waals surface area contributed by atoms with Crippen molar-refractivity contribution in [3.05, 3.63) is 34.9 Å². The van der Waals surface area contributed by atoms with E-state index in [1.807, 2.05) is 31.2 Å². The van der Waals surface area contributed by atoms with Gasteiger partial charge in [-0.25, -0.2) is 0 Å². The van der Waals surface area contributed by atoms with Crippen molar-refractivity contribution >= 4 is 17.5 Å². The Kier molecular flexibility index (Phi) is 7.59. The van der Waals surface area contributed by atoms with Gasteiger partial charge in [-0.3, -0.25) is 4.79 Å². The number of rotatable bonds is 8. The highest BCUT2D eigenvalue weighted by Gasteiger charge is 2.20.